The number of nitrogens with one attached hydrogen (secondary N) is 1. The number of amides is 1. The summed E-state index contributed by atoms with van der Waals surface area (Å²) in [5.41, 5.74) is 0.899. The van der Waals surface area contributed by atoms with Gasteiger partial charge in [-0.3, -0.25) is 4.79 Å². The Kier molecular flexibility index (Phi) is 6.90. The van der Waals surface area contributed by atoms with E-state index in [1.54, 1.807) is 0 Å². The summed E-state index contributed by atoms with van der Waals surface area (Å²) in [5, 5.41) is 15.7. The third kappa shape index (κ3) is 4.55. The van der Waals surface area contributed by atoms with Gasteiger partial charge in [0.05, 0.1) is 0 Å². The first-order valence-electron chi connectivity index (χ1n) is 8.47. The Balaban J connectivity index is 0.00000225. The first-order chi connectivity index (χ1) is 11.7. The summed E-state index contributed by atoms with van der Waals surface area (Å²) in [4.78, 5) is 16.1. The Hall–Kier alpha value is -1.99. The van der Waals surface area contributed by atoms with Gasteiger partial charge in [0, 0.05) is 18.7 Å². The molecule has 3 rings (SSSR count). The second kappa shape index (κ2) is 8.92. The molecule has 1 aliphatic heterocycles. The number of carbonyl (C=O) groups is 1. The van der Waals surface area contributed by atoms with Crippen LogP contribution in [0.25, 0.3) is 11.4 Å². The molecule has 8 heteroatoms. The molecule has 1 fully saturated rings. The smallest absolute Gasteiger partial charge is 0.249 e. The average Bonchev–Trinajstić information content (AvgIpc) is 3.12. The molecule has 1 amide bonds. The summed E-state index contributed by atoms with van der Waals surface area (Å²) in [5.74, 6) is 1.12. The predicted octanol–water partition coefficient (Wildman–Crippen LogP) is 1.78. The Morgan fingerprint density at radius 1 is 1.36 bits per heavy atom. The first-order valence-corrected chi connectivity index (χ1v) is 8.47. The van der Waals surface area contributed by atoms with Crippen molar-refractivity contribution in [1.29, 1.82) is 0 Å². The normalized spacial score (nSPS) is 18.5. The van der Waals surface area contributed by atoms with Gasteiger partial charge in [0.25, 0.3) is 0 Å². The van der Waals surface area contributed by atoms with Crippen molar-refractivity contribution in [2.24, 2.45) is 5.92 Å². The molecule has 1 N–H and O–H groups in total. The van der Waals surface area contributed by atoms with E-state index >= 15 is 0 Å². The van der Waals surface area contributed by atoms with E-state index in [0.717, 1.165) is 31.6 Å². The van der Waals surface area contributed by atoms with E-state index in [2.05, 4.69) is 20.7 Å². The molecule has 1 aromatic carbocycles. The monoisotopic (exact) mass is 364 g/mol. The summed E-state index contributed by atoms with van der Waals surface area (Å²) < 4.78 is 0. The summed E-state index contributed by atoms with van der Waals surface area (Å²) in [6.45, 7) is 4.38. The molecular weight excluding hydrogens is 340 g/mol. The SMILES string of the molecule is CNCC1CCCN(C(=O)C(C)n2nnc(-c3ccccc3)n2)C1.Cl. The van der Waals surface area contributed by atoms with Crippen molar-refractivity contribution in [3.05, 3.63) is 30.3 Å². The quantitative estimate of drug-likeness (QED) is 0.875. The standard InChI is InChI=1S/C17H24N6O.ClH/c1-13(17(24)22-10-6-7-14(12-22)11-18-2)23-20-16(19-21-23)15-8-4-3-5-9-15;/h3-5,8-9,13-14,18H,6-7,10-12H2,1-2H3;1H. The molecule has 0 spiro atoms. The lowest BCUT2D eigenvalue weighted by atomic mass is 9.97. The van der Waals surface area contributed by atoms with Crippen LogP contribution in [0.3, 0.4) is 0 Å². The number of nitrogens with zero attached hydrogens (tertiary/aromatic N) is 5. The van der Waals surface area contributed by atoms with Crippen molar-refractivity contribution in [1.82, 2.24) is 30.4 Å². The van der Waals surface area contributed by atoms with E-state index in [9.17, 15) is 4.79 Å². The number of hydrogen-bond acceptors (Lipinski definition) is 5. The Labute approximate surface area is 154 Å². The number of tetrazole rings is 1. The van der Waals surface area contributed by atoms with Crippen LogP contribution < -0.4 is 5.32 Å². The van der Waals surface area contributed by atoms with Gasteiger partial charge in [-0.05, 0) is 44.5 Å². The Morgan fingerprint density at radius 2 is 2.12 bits per heavy atom. The molecule has 0 radical (unpaired) electrons. The van der Waals surface area contributed by atoms with Gasteiger partial charge in [-0.25, -0.2) is 0 Å². The molecule has 0 saturated carbocycles. The predicted molar refractivity (Wildman–Crippen MR) is 98.4 cm³/mol. The van der Waals surface area contributed by atoms with Crippen molar-refractivity contribution >= 4 is 18.3 Å². The van der Waals surface area contributed by atoms with E-state index < -0.39 is 6.04 Å². The number of halogens is 1. The Morgan fingerprint density at radius 3 is 2.84 bits per heavy atom. The van der Waals surface area contributed by atoms with Gasteiger partial charge in [-0.15, -0.1) is 22.6 Å². The number of piperidine rings is 1. The molecule has 25 heavy (non-hydrogen) atoms. The van der Waals surface area contributed by atoms with Gasteiger partial charge >= 0.3 is 0 Å². The van der Waals surface area contributed by atoms with Crippen LogP contribution in [0.15, 0.2) is 30.3 Å². The lowest BCUT2D eigenvalue weighted by Gasteiger charge is -2.34. The highest BCUT2D eigenvalue weighted by atomic mass is 35.5. The number of hydrogen-bond donors (Lipinski definition) is 1. The third-order valence-electron chi connectivity index (χ3n) is 4.49. The van der Waals surface area contributed by atoms with Crippen LogP contribution in [-0.2, 0) is 4.79 Å². The highest BCUT2D eigenvalue weighted by molar-refractivity contribution is 5.85. The number of rotatable bonds is 5. The van der Waals surface area contributed by atoms with Gasteiger partial charge in [0.1, 0.15) is 6.04 Å². The lowest BCUT2D eigenvalue weighted by Crippen LogP contribution is -2.45. The van der Waals surface area contributed by atoms with E-state index in [-0.39, 0.29) is 18.3 Å². The minimum atomic E-state index is -0.441. The molecule has 136 valence electrons. The zero-order chi connectivity index (χ0) is 16.9. The fraction of sp³-hybridized carbons (Fsp3) is 0.529. The van der Waals surface area contributed by atoms with Gasteiger partial charge in [0.2, 0.25) is 11.7 Å². The van der Waals surface area contributed by atoms with Crippen LogP contribution >= 0.6 is 12.4 Å². The van der Waals surface area contributed by atoms with Gasteiger partial charge in [-0.2, -0.15) is 4.80 Å². The molecule has 0 aliphatic carbocycles. The van der Waals surface area contributed by atoms with Gasteiger partial charge in [0.15, 0.2) is 0 Å². The zero-order valence-electron chi connectivity index (χ0n) is 14.6. The molecule has 1 saturated heterocycles. The fourth-order valence-electron chi connectivity index (χ4n) is 3.18. The summed E-state index contributed by atoms with van der Waals surface area (Å²) in [6, 6.07) is 9.23. The van der Waals surface area contributed by atoms with Crippen LogP contribution in [0.5, 0.6) is 0 Å². The van der Waals surface area contributed by atoms with Crippen LogP contribution in [-0.4, -0.2) is 57.7 Å². The highest BCUT2D eigenvalue weighted by Gasteiger charge is 2.28. The van der Waals surface area contributed by atoms with Gasteiger partial charge in [-0.1, -0.05) is 30.3 Å². The molecule has 1 aliphatic rings. The Bertz CT molecular complexity index is 675. The minimum Gasteiger partial charge on any atom is -0.340 e. The molecule has 2 unspecified atom stereocenters. The lowest BCUT2D eigenvalue weighted by molar-refractivity contribution is -0.136. The maximum absolute atomic E-state index is 12.8. The summed E-state index contributed by atoms with van der Waals surface area (Å²) in [6.07, 6.45) is 2.21. The third-order valence-corrected chi connectivity index (χ3v) is 4.49. The molecular formula is C17H25ClN6O. The number of carbonyl (C=O) groups excluding carboxylic acids is 1. The maximum atomic E-state index is 12.8. The van der Waals surface area contributed by atoms with E-state index in [4.69, 9.17) is 0 Å². The molecule has 2 aromatic rings. The topological polar surface area (TPSA) is 75.9 Å². The number of aromatic nitrogens is 4. The number of likely N-dealkylation sites (tertiary alicyclic amines) is 1. The fourth-order valence-corrected chi connectivity index (χ4v) is 3.18. The van der Waals surface area contributed by atoms with Crippen LogP contribution in [0.2, 0.25) is 0 Å². The first kappa shape index (κ1) is 19.3. The highest BCUT2D eigenvalue weighted by Crippen LogP contribution is 2.20. The second-order valence-electron chi connectivity index (χ2n) is 6.33. The zero-order valence-corrected chi connectivity index (χ0v) is 15.4. The minimum absolute atomic E-state index is 0. The van der Waals surface area contributed by atoms with Gasteiger partial charge < -0.3 is 10.2 Å². The van der Waals surface area contributed by atoms with Crippen molar-refractivity contribution in [2.45, 2.75) is 25.8 Å². The summed E-state index contributed by atoms with van der Waals surface area (Å²) >= 11 is 0. The van der Waals surface area contributed by atoms with E-state index in [1.807, 2.05) is 49.2 Å². The largest absolute Gasteiger partial charge is 0.340 e. The van der Waals surface area contributed by atoms with Crippen molar-refractivity contribution in [3.63, 3.8) is 0 Å². The maximum Gasteiger partial charge on any atom is 0.249 e. The number of benzene rings is 1. The van der Waals surface area contributed by atoms with E-state index in [1.165, 1.54) is 11.2 Å². The van der Waals surface area contributed by atoms with Crippen LogP contribution in [0.4, 0.5) is 0 Å². The van der Waals surface area contributed by atoms with Crippen molar-refractivity contribution in [3.8, 4) is 11.4 Å². The molecule has 1 aromatic heterocycles. The molecule has 0 bridgehead atoms. The van der Waals surface area contributed by atoms with E-state index in [0.29, 0.717) is 11.7 Å². The molecule has 7 nitrogen and oxygen atoms in total. The second-order valence-corrected chi connectivity index (χ2v) is 6.33. The van der Waals surface area contributed by atoms with Crippen molar-refractivity contribution < 1.29 is 4.79 Å². The van der Waals surface area contributed by atoms with Crippen LogP contribution in [0, 0.1) is 5.92 Å². The van der Waals surface area contributed by atoms with Crippen LogP contribution in [0.1, 0.15) is 25.8 Å². The molecule has 2 heterocycles. The van der Waals surface area contributed by atoms with Crippen molar-refractivity contribution in [2.75, 3.05) is 26.7 Å². The summed E-state index contributed by atoms with van der Waals surface area (Å²) in [7, 11) is 1.95. The average molecular weight is 365 g/mol. The molecule has 2 atom stereocenters.